The van der Waals surface area contributed by atoms with Gasteiger partial charge in [-0.3, -0.25) is 4.79 Å². The highest BCUT2D eigenvalue weighted by molar-refractivity contribution is 9.10. The van der Waals surface area contributed by atoms with E-state index in [2.05, 4.69) is 15.9 Å². The normalized spacial score (nSPS) is 31.9. The molecule has 84 valence electrons. The summed E-state index contributed by atoms with van der Waals surface area (Å²) in [5.41, 5.74) is 0.122. The highest BCUT2D eigenvalue weighted by Crippen LogP contribution is 2.40. The zero-order valence-corrected chi connectivity index (χ0v) is 10.4. The summed E-state index contributed by atoms with van der Waals surface area (Å²) in [7, 11) is 0. The highest BCUT2D eigenvalue weighted by atomic mass is 79.9. The Bertz CT molecular complexity index is 471. The van der Waals surface area contributed by atoms with Crippen LogP contribution in [0.1, 0.15) is 23.7 Å². The number of fused-ring (bicyclic) bond motifs is 2. The molecule has 3 rings (SSSR count). The third-order valence-corrected chi connectivity index (χ3v) is 3.72. The average Bonchev–Trinajstić information content (AvgIpc) is 2.62. The van der Waals surface area contributed by atoms with Crippen molar-refractivity contribution in [2.75, 3.05) is 6.61 Å². The second kappa shape index (κ2) is 3.31. The minimum atomic E-state index is -0.488. The van der Waals surface area contributed by atoms with Gasteiger partial charge in [-0.1, -0.05) is 15.9 Å². The van der Waals surface area contributed by atoms with Crippen LogP contribution in [0.3, 0.4) is 0 Å². The summed E-state index contributed by atoms with van der Waals surface area (Å²) >= 11 is 3.36. The molecule has 0 amide bonds. The minimum Gasteiger partial charge on any atom is -0.483 e. The van der Waals surface area contributed by atoms with Crippen LogP contribution in [0.25, 0.3) is 0 Å². The van der Waals surface area contributed by atoms with Crippen molar-refractivity contribution in [3.05, 3.63) is 28.2 Å². The minimum absolute atomic E-state index is 0.0301. The molecule has 1 aromatic rings. The molecule has 3 nitrogen and oxygen atoms in total. The van der Waals surface area contributed by atoms with Gasteiger partial charge in [0.05, 0.1) is 12.2 Å². The Balaban J connectivity index is 2.13. The van der Waals surface area contributed by atoms with Gasteiger partial charge in [0.15, 0.2) is 11.9 Å². The molecule has 0 saturated carbocycles. The molecule has 0 N–H and O–H groups in total. The fourth-order valence-electron chi connectivity index (χ4n) is 2.32. The number of rotatable bonds is 0. The standard InChI is InChI=1S/C12H11BrO3/c1-12-4-5-15-11(12)10(14)8-6-7(13)2-3-9(8)16-12/h2-3,6,11H,4-5H2,1H3. The molecule has 2 atom stereocenters. The van der Waals surface area contributed by atoms with Crippen molar-refractivity contribution in [2.24, 2.45) is 0 Å². The average molecular weight is 283 g/mol. The summed E-state index contributed by atoms with van der Waals surface area (Å²) in [6.07, 6.45) is 0.313. The van der Waals surface area contributed by atoms with Gasteiger partial charge in [0.2, 0.25) is 0 Å². The van der Waals surface area contributed by atoms with Crippen LogP contribution in [0.15, 0.2) is 22.7 Å². The monoisotopic (exact) mass is 282 g/mol. The van der Waals surface area contributed by atoms with Crippen molar-refractivity contribution in [1.82, 2.24) is 0 Å². The molecule has 2 heterocycles. The van der Waals surface area contributed by atoms with E-state index in [1.807, 2.05) is 19.1 Å². The van der Waals surface area contributed by atoms with Gasteiger partial charge in [0, 0.05) is 10.9 Å². The predicted molar refractivity (Wildman–Crippen MR) is 61.9 cm³/mol. The van der Waals surface area contributed by atoms with Gasteiger partial charge < -0.3 is 9.47 Å². The van der Waals surface area contributed by atoms with Crippen molar-refractivity contribution in [1.29, 1.82) is 0 Å². The maximum atomic E-state index is 12.2. The summed E-state index contributed by atoms with van der Waals surface area (Å²) < 4.78 is 12.3. The van der Waals surface area contributed by atoms with Crippen molar-refractivity contribution in [3.63, 3.8) is 0 Å². The summed E-state index contributed by atoms with van der Waals surface area (Å²) in [4.78, 5) is 12.2. The first-order valence-corrected chi connectivity index (χ1v) is 6.04. The molecule has 16 heavy (non-hydrogen) atoms. The molecule has 1 saturated heterocycles. The molecular formula is C12H11BrO3. The third-order valence-electron chi connectivity index (χ3n) is 3.23. The van der Waals surface area contributed by atoms with E-state index >= 15 is 0 Å². The van der Waals surface area contributed by atoms with Crippen molar-refractivity contribution in [2.45, 2.75) is 25.0 Å². The zero-order valence-electron chi connectivity index (χ0n) is 8.83. The lowest BCUT2D eigenvalue weighted by Crippen LogP contribution is -2.49. The number of carbonyl (C=O) groups is 1. The Kier molecular flexibility index (Phi) is 2.13. The molecule has 0 radical (unpaired) electrons. The number of Topliss-reactive ketones (excluding diaryl/α,β-unsaturated/α-hetero) is 1. The first-order chi connectivity index (χ1) is 7.60. The van der Waals surface area contributed by atoms with E-state index in [-0.39, 0.29) is 5.78 Å². The van der Waals surface area contributed by atoms with Gasteiger partial charge >= 0.3 is 0 Å². The molecule has 1 aromatic carbocycles. The van der Waals surface area contributed by atoms with E-state index in [4.69, 9.17) is 9.47 Å². The first kappa shape index (κ1) is 10.3. The van der Waals surface area contributed by atoms with E-state index < -0.39 is 11.7 Å². The number of ketones is 1. The highest BCUT2D eigenvalue weighted by Gasteiger charge is 2.50. The van der Waals surface area contributed by atoms with Crippen LogP contribution in [0.5, 0.6) is 5.75 Å². The molecule has 0 aromatic heterocycles. The lowest BCUT2D eigenvalue weighted by Gasteiger charge is -2.35. The Hall–Kier alpha value is -0.870. The molecule has 0 spiro atoms. The van der Waals surface area contributed by atoms with Crippen LogP contribution in [0.4, 0.5) is 0 Å². The molecule has 2 aliphatic heterocycles. The van der Waals surface area contributed by atoms with Gasteiger partial charge in [-0.15, -0.1) is 0 Å². The summed E-state index contributed by atoms with van der Waals surface area (Å²) in [5, 5.41) is 0. The number of carbonyl (C=O) groups excluding carboxylic acids is 1. The molecular weight excluding hydrogens is 272 g/mol. The molecule has 4 heteroatoms. The van der Waals surface area contributed by atoms with Gasteiger partial charge in [0.25, 0.3) is 0 Å². The van der Waals surface area contributed by atoms with E-state index in [9.17, 15) is 4.79 Å². The van der Waals surface area contributed by atoms with E-state index in [1.165, 1.54) is 0 Å². The van der Waals surface area contributed by atoms with Crippen LogP contribution in [-0.4, -0.2) is 24.1 Å². The van der Waals surface area contributed by atoms with Crippen LogP contribution < -0.4 is 4.74 Å². The molecule has 0 bridgehead atoms. The summed E-state index contributed by atoms with van der Waals surface area (Å²) in [6.45, 7) is 2.52. The van der Waals surface area contributed by atoms with Gasteiger partial charge in [0.1, 0.15) is 11.4 Å². The van der Waals surface area contributed by atoms with Crippen LogP contribution in [-0.2, 0) is 4.74 Å². The third kappa shape index (κ3) is 1.33. The Morgan fingerprint density at radius 2 is 2.31 bits per heavy atom. The molecule has 2 unspecified atom stereocenters. The van der Waals surface area contributed by atoms with Gasteiger partial charge in [-0.05, 0) is 25.1 Å². The van der Waals surface area contributed by atoms with Crippen molar-refractivity contribution < 1.29 is 14.3 Å². The first-order valence-electron chi connectivity index (χ1n) is 5.24. The number of benzene rings is 1. The van der Waals surface area contributed by atoms with E-state index in [0.29, 0.717) is 17.9 Å². The fraction of sp³-hybridized carbons (Fsp3) is 0.417. The fourth-order valence-corrected chi connectivity index (χ4v) is 2.68. The quantitative estimate of drug-likeness (QED) is 0.734. The number of halogens is 1. The predicted octanol–water partition coefficient (Wildman–Crippen LogP) is 2.57. The lowest BCUT2D eigenvalue weighted by atomic mass is 9.88. The Morgan fingerprint density at radius 1 is 1.50 bits per heavy atom. The topological polar surface area (TPSA) is 35.5 Å². The molecule has 2 aliphatic rings. The number of hydrogen-bond donors (Lipinski definition) is 0. The lowest BCUT2D eigenvalue weighted by molar-refractivity contribution is -0.00683. The van der Waals surface area contributed by atoms with E-state index in [1.54, 1.807) is 6.07 Å². The van der Waals surface area contributed by atoms with Crippen LogP contribution >= 0.6 is 15.9 Å². The van der Waals surface area contributed by atoms with E-state index in [0.717, 1.165) is 10.9 Å². The summed E-state index contributed by atoms with van der Waals surface area (Å²) in [5.74, 6) is 0.694. The largest absolute Gasteiger partial charge is 0.483 e. The Labute approximate surface area is 102 Å². The molecule has 1 fully saturated rings. The maximum absolute atomic E-state index is 12.2. The van der Waals surface area contributed by atoms with Gasteiger partial charge in [-0.2, -0.15) is 0 Å². The van der Waals surface area contributed by atoms with Crippen LogP contribution in [0.2, 0.25) is 0 Å². The van der Waals surface area contributed by atoms with Crippen LogP contribution in [0, 0.1) is 0 Å². The molecule has 0 aliphatic carbocycles. The number of ether oxygens (including phenoxy) is 2. The maximum Gasteiger partial charge on any atom is 0.199 e. The zero-order chi connectivity index (χ0) is 11.3. The second-order valence-electron chi connectivity index (χ2n) is 4.42. The smallest absolute Gasteiger partial charge is 0.199 e. The Morgan fingerprint density at radius 3 is 3.12 bits per heavy atom. The number of hydrogen-bond acceptors (Lipinski definition) is 3. The van der Waals surface area contributed by atoms with Crippen molar-refractivity contribution >= 4 is 21.7 Å². The van der Waals surface area contributed by atoms with Gasteiger partial charge in [-0.25, -0.2) is 0 Å². The summed E-state index contributed by atoms with van der Waals surface area (Å²) in [6, 6.07) is 5.50. The van der Waals surface area contributed by atoms with Crippen molar-refractivity contribution in [3.8, 4) is 5.75 Å². The SMILES string of the molecule is CC12CCOC1C(=O)c1cc(Br)ccc1O2. The second-order valence-corrected chi connectivity index (χ2v) is 5.34.